The van der Waals surface area contributed by atoms with Crippen LogP contribution >= 0.6 is 0 Å². The van der Waals surface area contributed by atoms with Gasteiger partial charge in [0, 0.05) is 12.0 Å². The van der Waals surface area contributed by atoms with E-state index in [-0.39, 0.29) is 29.3 Å². The fraction of sp³-hybridized carbons (Fsp3) is 0.324. The van der Waals surface area contributed by atoms with E-state index in [2.05, 4.69) is 32.9 Å². The minimum absolute atomic E-state index is 0.107. The molecular formula is C34H40O5. The van der Waals surface area contributed by atoms with Gasteiger partial charge in [-0.3, -0.25) is 4.79 Å². The van der Waals surface area contributed by atoms with Crippen molar-refractivity contribution in [3.63, 3.8) is 0 Å². The fourth-order valence-corrected chi connectivity index (χ4v) is 4.60. The number of benzene rings is 2. The summed E-state index contributed by atoms with van der Waals surface area (Å²) in [4.78, 5) is 12.1. The molecule has 3 rings (SSSR count). The molecular weight excluding hydrogens is 488 g/mol. The van der Waals surface area contributed by atoms with Gasteiger partial charge in [0.2, 0.25) is 0 Å². The molecule has 0 radical (unpaired) electrons. The van der Waals surface area contributed by atoms with Crippen molar-refractivity contribution in [1.82, 2.24) is 0 Å². The molecule has 3 N–H and O–H groups in total. The van der Waals surface area contributed by atoms with Crippen LogP contribution in [-0.2, 0) is 4.79 Å². The van der Waals surface area contributed by atoms with E-state index in [1.165, 1.54) is 17.7 Å². The predicted molar refractivity (Wildman–Crippen MR) is 158 cm³/mol. The van der Waals surface area contributed by atoms with Crippen LogP contribution in [-0.4, -0.2) is 33.3 Å². The van der Waals surface area contributed by atoms with E-state index >= 15 is 0 Å². The monoisotopic (exact) mass is 528 g/mol. The molecule has 0 aliphatic heterocycles. The number of carbonyl (C=O) groups excluding carboxylic acids is 1. The first kappa shape index (κ1) is 29.7. The summed E-state index contributed by atoms with van der Waals surface area (Å²) in [6.45, 7) is 8.42. The molecule has 2 aromatic rings. The van der Waals surface area contributed by atoms with E-state index in [9.17, 15) is 20.1 Å². The number of aliphatic hydroxyl groups is 2. The number of aliphatic hydroxyl groups excluding tert-OH is 2. The summed E-state index contributed by atoms with van der Waals surface area (Å²) in [5, 5.41) is 29.9. The highest BCUT2D eigenvalue weighted by Gasteiger charge is 2.33. The van der Waals surface area contributed by atoms with E-state index in [0.717, 1.165) is 41.4 Å². The number of aromatic hydroxyl groups is 1. The maximum Gasteiger partial charge on any atom is 0.182 e. The Balaban J connectivity index is 1.60. The number of carbonyl (C=O) groups is 1. The molecule has 0 spiro atoms. The first-order valence-corrected chi connectivity index (χ1v) is 13.5. The van der Waals surface area contributed by atoms with Crippen molar-refractivity contribution in [3.05, 3.63) is 107 Å². The zero-order chi connectivity index (χ0) is 28.4. The lowest BCUT2D eigenvalue weighted by Gasteiger charge is -2.36. The number of ketones is 1. The van der Waals surface area contributed by atoms with Gasteiger partial charge in [-0.15, -0.1) is 0 Å². The summed E-state index contributed by atoms with van der Waals surface area (Å²) in [6.07, 6.45) is 13.9. The van der Waals surface area contributed by atoms with Crippen molar-refractivity contribution >= 4 is 17.9 Å². The van der Waals surface area contributed by atoms with Gasteiger partial charge in [0.1, 0.15) is 23.4 Å². The highest BCUT2D eigenvalue weighted by molar-refractivity contribution is 6.02. The van der Waals surface area contributed by atoms with Gasteiger partial charge >= 0.3 is 0 Å². The topological polar surface area (TPSA) is 87.0 Å². The van der Waals surface area contributed by atoms with Crippen LogP contribution in [0.15, 0.2) is 95.8 Å². The summed E-state index contributed by atoms with van der Waals surface area (Å²) in [5.74, 6) is 1.03. The summed E-state index contributed by atoms with van der Waals surface area (Å²) < 4.78 is 6.38. The van der Waals surface area contributed by atoms with Gasteiger partial charge in [-0.2, -0.15) is 0 Å². The van der Waals surface area contributed by atoms with Crippen molar-refractivity contribution in [2.75, 3.05) is 0 Å². The molecule has 2 aromatic carbocycles. The molecule has 0 amide bonds. The van der Waals surface area contributed by atoms with Crippen molar-refractivity contribution in [2.45, 2.75) is 59.2 Å². The molecule has 0 fully saturated rings. The van der Waals surface area contributed by atoms with Gasteiger partial charge in [-0.1, -0.05) is 55.0 Å². The number of hydrogen-bond acceptors (Lipinski definition) is 5. The third-order valence-corrected chi connectivity index (χ3v) is 7.00. The van der Waals surface area contributed by atoms with Crippen molar-refractivity contribution in [2.24, 2.45) is 11.8 Å². The van der Waals surface area contributed by atoms with Crippen LogP contribution in [0.25, 0.3) is 12.2 Å². The second-order valence-corrected chi connectivity index (χ2v) is 10.5. The van der Waals surface area contributed by atoms with Gasteiger partial charge in [0.15, 0.2) is 5.78 Å². The standard InChI is InChI=1S/C34H40O5/c1-23(2)6-5-7-24(3)32-22-33(38)25(4)20-34(32)39-31-18-12-27(13-19-31)11-17-30(37)21-29(36)16-10-26-8-14-28(35)15-9-26/h6,8-21,24,32-35,37-38H,5,7,22H2,1-4H3/b16-10+,17-11+,30-21-/t24-,32+,33-,34-/m0/s1. The number of phenols is 1. The zero-order valence-corrected chi connectivity index (χ0v) is 23.2. The van der Waals surface area contributed by atoms with Crippen LogP contribution in [0.1, 0.15) is 58.1 Å². The second-order valence-electron chi connectivity index (χ2n) is 10.5. The fourth-order valence-electron chi connectivity index (χ4n) is 4.60. The third kappa shape index (κ3) is 9.77. The molecule has 0 saturated carbocycles. The van der Waals surface area contributed by atoms with Crippen LogP contribution in [0.3, 0.4) is 0 Å². The van der Waals surface area contributed by atoms with Crippen LogP contribution in [0.5, 0.6) is 11.5 Å². The Morgan fingerprint density at radius 1 is 1.03 bits per heavy atom. The SMILES string of the molecule is CC(C)=CCC[C@H](C)[C@H]1C[C@H](O)C(C)=C[C@@H]1Oc1ccc(/C=C/C(O)=C/C(=O)/C=C/c2ccc(O)cc2)cc1. The lowest BCUT2D eigenvalue weighted by atomic mass is 9.76. The number of allylic oxidation sites excluding steroid dienone is 5. The first-order valence-electron chi connectivity index (χ1n) is 13.5. The largest absolute Gasteiger partial charge is 0.508 e. The van der Waals surface area contributed by atoms with Gasteiger partial charge in [-0.05, 0) is 105 Å². The van der Waals surface area contributed by atoms with Gasteiger partial charge in [0.25, 0.3) is 0 Å². The molecule has 4 atom stereocenters. The zero-order valence-electron chi connectivity index (χ0n) is 23.2. The molecule has 0 saturated heterocycles. The van der Waals surface area contributed by atoms with E-state index < -0.39 is 6.10 Å². The van der Waals surface area contributed by atoms with Gasteiger partial charge < -0.3 is 20.1 Å². The molecule has 0 unspecified atom stereocenters. The van der Waals surface area contributed by atoms with E-state index in [1.807, 2.05) is 31.2 Å². The Kier molecular flexibility index (Phi) is 10.9. The number of phenolic OH excluding ortho intramolecular Hbond substituents is 1. The smallest absolute Gasteiger partial charge is 0.182 e. The molecule has 5 nitrogen and oxygen atoms in total. The predicted octanol–water partition coefficient (Wildman–Crippen LogP) is 7.59. The summed E-state index contributed by atoms with van der Waals surface area (Å²) >= 11 is 0. The van der Waals surface area contributed by atoms with Gasteiger partial charge in [0.05, 0.1) is 6.10 Å². The van der Waals surface area contributed by atoms with Crippen molar-refractivity contribution in [3.8, 4) is 11.5 Å². The Labute approximate surface area is 232 Å². The molecule has 0 aromatic heterocycles. The highest BCUT2D eigenvalue weighted by Crippen LogP contribution is 2.35. The number of hydrogen-bond donors (Lipinski definition) is 3. The normalized spacial score (nSPS) is 20.6. The third-order valence-electron chi connectivity index (χ3n) is 7.00. The first-order chi connectivity index (χ1) is 18.6. The maximum absolute atomic E-state index is 12.1. The molecule has 1 aliphatic rings. The number of rotatable bonds is 11. The molecule has 1 aliphatic carbocycles. The highest BCUT2D eigenvalue weighted by atomic mass is 16.5. The van der Waals surface area contributed by atoms with Crippen molar-refractivity contribution < 1.29 is 24.9 Å². The summed E-state index contributed by atoms with van der Waals surface area (Å²) in [7, 11) is 0. The molecule has 0 heterocycles. The Bertz CT molecular complexity index is 1240. The van der Waals surface area contributed by atoms with Crippen LogP contribution in [0, 0.1) is 11.8 Å². The van der Waals surface area contributed by atoms with Crippen molar-refractivity contribution in [1.29, 1.82) is 0 Å². The van der Waals surface area contributed by atoms with Gasteiger partial charge in [-0.25, -0.2) is 0 Å². The summed E-state index contributed by atoms with van der Waals surface area (Å²) in [6, 6.07) is 14.0. The van der Waals surface area contributed by atoms with Crippen LogP contribution in [0.4, 0.5) is 0 Å². The van der Waals surface area contributed by atoms with E-state index in [0.29, 0.717) is 12.3 Å². The maximum atomic E-state index is 12.1. The quantitative estimate of drug-likeness (QED) is 0.121. The lowest BCUT2D eigenvalue weighted by molar-refractivity contribution is -0.110. The average molecular weight is 529 g/mol. The Morgan fingerprint density at radius 3 is 2.28 bits per heavy atom. The molecule has 206 valence electrons. The molecule has 0 bridgehead atoms. The van der Waals surface area contributed by atoms with E-state index in [4.69, 9.17) is 4.74 Å². The minimum Gasteiger partial charge on any atom is -0.508 e. The number of ether oxygens (including phenoxy) is 1. The minimum atomic E-state index is -0.427. The second kappa shape index (κ2) is 14.4. The van der Waals surface area contributed by atoms with Crippen LogP contribution in [0.2, 0.25) is 0 Å². The molecule has 5 heteroatoms. The van der Waals surface area contributed by atoms with Crippen LogP contribution < -0.4 is 4.74 Å². The molecule has 39 heavy (non-hydrogen) atoms. The Morgan fingerprint density at radius 2 is 1.64 bits per heavy atom. The summed E-state index contributed by atoms with van der Waals surface area (Å²) in [5.41, 5.74) is 3.89. The van der Waals surface area contributed by atoms with E-state index in [1.54, 1.807) is 36.4 Å². The Hall–Kier alpha value is -3.83. The average Bonchev–Trinajstić information content (AvgIpc) is 2.89. The lowest BCUT2D eigenvalue weighted by Crippen LogP contribution is -2.37.